The molecule has 1 heterocycles. The molecule has 11 amide bonds. The predicted molar refractivity (Wildman–Crippen MR) is 300 cm³/mol. The number of benzene rings is 2. The summed E-state index contributed by atoms with van der Waals surface area (Å²) in [5, 5.41) is 40.8. The number of fused-ring (bicyclic) bond motifs is 1. The summed E-state index contributed by atoms with van der Waals surface area (Å²) < 4.78 is 0. The van der Waals surface area contributed by atoms with Crippen molar-refractivity contribution in [1.29, 1.82) is 0 Å². The van der Waals surface area contributed by atoms with Gasteiger partial charge in [-0.3, -0.25) is 52.7 Å². The number of primary amides is 3. The molecule has 3 aromatic rings. The molecule has 0 aliphatic heterocycles. The number of carboxylic acids is 1. The van der Waals surface area contributed by atoms with Crippen molar-refractivity contribution in [1.82, 2.24) is 47.5 Å². The second kappa shape index (κ2) is 32.6. The standard InChI is InChI=1S/C55H81N13O14/c1-8-29(6)46(59)54(80)61-30(7)47(73)64-38(21-27(2)3)51(77)66-40(23-31-13-15-33(69)16-14-31)52(78)65-39(22-28(4)5)50(76)63-36(17-19-43(56)70)48(74)62-37(18-20-44(57)71)49(75)67-41(25-45(58)72)53(79)68-42(55(81)82)24-32-26-60-35-12-10-9-11-34(32)35/h9-16,26-30,36-42,46,60,69H,8,17-25,59H2,1-7H3,(H2,56,70)(H2,57,71)(H2,58,72)(H,61,80)(H,62,74)(H,63,76)(H,64,73)(H,65,78)(H,66,77)(H,67,75)(H,68,79)(H,81,82)/t29-,30-,36-,37-,38-,39-,40-,41-,42-,46-/m0/s1. The molecule has 3 rings (SSSR count). The maximum absolute atomic E-state index is 14.5. The maximum Gasteiger partial charge on any atom is 0.326 e. The van der Waals surface area contributed by atoms with E-state index in [-0.39, 0.29) is 49.2 Å². The summed E-state index contributed by atoms with van der Waals surface area (Å²) >= 11 is 0. The molecule has 27 heteroatoms. The number of carboxylic acid groups (broad SMARTS) is 1. The molecule has 0 bridgehead atoms. The predicted octanol–water partition coefficient (Wildman–Crippen LogP) is -1.49. The number of phenols is 1. The van der Waals surface area contributed by atoms with E-state index in [0.717, 1.165) is 0 Å². The van der Waals surface area contributed by atoms with Gasteiger partial charge in [-0.15, -0.1) is 0 Å². The van der Waals surface area contributed by atoms with E-state index in [1.807, 2.05) is 6.92 Å². The first-order chi connectivity index (χ1) is 38.5. The van der Waals surface area contributed by atoms with Crippen LogP contribution >= 0.6 is 0 Å². The number of hydrogen-bond acceptors (Lipinski definition) is 14. The lowest BCUT2D eigenvalue weighted by molar-refractivity contribution is -0.142. The van der Waals surface area contributed by atoms with Crippen molar-refractivity contribution in [3.8, 4) is 5.75 Å². The molecule has 1 aromatic heterocycles. The van der Waals surface area contributed by atoms with Crippen LogP contribution in [0.3, 0.4) is 0 Å². The molecule has 0 spiro atoms. The molecular formula is C55H81N13O14. The molecule has 0 saturated carbocycles. The fourth-order valence-electron chi connectivity index (χ4n) is 8.54. The van der Waals surface area contributed by atoms with Gasteiger partial charge in [-0.05, 0) is 79.7 Å². The van der Waals surface area contributed by atoms with Crippen LogP contribution in [0.15, 0.2) is 54.7 Å². The summed E-state index contributed by atoms with van der Waals surface area (Å²) in [4.78, 5) is 163. The number of carbonyl (C=O) groups excluding carboxylic acids is 11. The first-order valence-corrected chi connectivity index (χ1v) is 27.1. The normalized spacial score (nSPS) is 14.9. The van der Waals surface area contributed by atoms with Crippen LogP contribution in [0, 0.1) is 17.8 Å². The van der Waals surface area contributed by atoms with Gasteiger partial charge in [0.15, 0.2) is 0 Å². The number of hydrogen-bond donors (Lipinski definition) is 15. The molecule has 82 heavy (non-hydrogen) atoms. The monoisotopic (exact) mass is 1150 g/mol. The minimum absolute atomic E-state index is 0.0740. The summed E-state index contributed by atoms with van der Waals surface area (Å²) in [6, 6.07) is -0.309. The van der Waals surface area contributed by atoms with E-state index >= 15 is 0 Å². The van der Waals surface area contributed by atoms with Gasteiger partial charge in [0, 0.05) is 42.8 Å². The molecule has 0 aliphatic rings. The Kier molecular flexibility index (Phi) is 26.9. The second-order valence-corrected chi connectivity index (χ2v) is 21.3. The topological polar surface area (TPSA) is 461 Å². The highest BCUT2D eigenvalue weighted by Gasteiger charge is 2.36. The van der Waals surface area contributed by atoms with Crippen LogP contribution in [0.5, 0.6) is 5.75 Å². The summed E-state index contributed by atoms with van der Waals surface area (Å²) in [5.74, 6) is -12.6. The molecule has 2 aromatic carbocycles. The lowest BCUT2D eigenvalue weighted by Gasteiger charge is -2.29. The van der Waals surface area contributed by atoms with Gasteiger partial charge < -0.3 is 80.7 Å². The highest BCUT2D eigenvalue weighted by molar-refractivity contribution is 5.99. The highest BCUT2D eigenvalue weighted by Crippen LogP contribution is 2.20. The first-order valence-electron chi connectivity index (χ1n) is 27.1. The molecule has 10 atom stereocenters. The average molecular weight is 1150 g/mol. The lowest BCUT2D eigenvalue weighted by Crippen LogP contribution is -2.61. The number of nitrogens with one attached hydrogen (secondary N) is 9. The third-order valence-electron chi connectivity index (χ3n) is 13.4. The zero-order chi connectivity index (χ0) is 61.5. The minimum Gasteiger partial charge on any atom is -0.508 e. The second-order valence-electron chi connectivity index (χ2n) is 21.3. The van der Waals surface area contributed by atoms with Crippen LogP contribution in [-0.4, -0.2) is 141 Å². The van der Waals surface area contributed by atoms with E-state index in [1.165, 1.54) is 31.2 Å². The zero-order valence-corrected chi connectivity index (χ0v) is 47.3. The van der Waals surface area contributed by atoms with Crippen LogP contribution in [0.4, 0.5) is 0 Å². The minimum atomic E-state index is -1.82. The van der Waals surface area contributed by atoms with Gasteiger partial charge in [0.25, 0.3) is 0 Å². The van der Waals surface area contributed by atoms with Crippen molar-refractivity contribution in [2.45, 2.75) is 167 Å². The lowest BCUT2D eigenvalue weighted by atomic mass is 9.98. The number of nitrogens with two attached hydrogens (primary N) is 4. The van der Waals surface area contributed by atoms with E-state index in [0.29, 0.717) is 28.5 Å². The van der Waals surface area contributed by atoms with Gasteiger partial charge >= 0.3 is 5.97 Å². The molecule has 450 valence electrons. The van der Waals surface area contributed by atoms with Gasteiger partial charge in [-0.1, -0.05) is 78.3 Å². The van der Waals surface area contributed by atoms with Crippen molar-refractivity contribution in [2.24, 2.45) is 40.7 Å². The Labute approximate surface area is 475 Å². The summed E-state index contributed by atoms with van der Waals surface area (Å²) in [6.07, 6.45) is -1.14. The molecule has 27 nitrogen and oxygen atoms in total. The van der Waals surface area contributed by atoms with Gasteiger partial charge in [-0.25, -0.2) is 4.79 Å². The van der Waals surface area contributed by atoms with Crippen molar-refractivity contribution in [3.05, 3.63) is 65.9 Å². The third-order valence-corrected chi connectivity index (χ3v) is 13.4. The fraction of sp³-hybridized carbons (Fsp3) is 0.527. The number of phenolic OH excluding ortho intramolecular Hbond substituents is 1. The molecule has 0 fully saturated rings. The van der Waals surface area contributed by atoms with Crippen LogP contribution in [-0.2, 0) is 70.4 Å². The number of carbonyl (C=O) groups is 12. The number of rotatable bonds is 35. The quantitative estimate of drug-likeness (QED) is 0.0319. The van der Waals surface area contributed by atoms with Crippen LogP contribution in [0.1, 0.15) is 111 Å². The summed E-state index contributed by atoms with van der Waals surface area (Å²) in [5.41, 5.74) is 24.0. The smallest absolute Gasteiger partial charge is 0.326 e. The van der Waals surface area contributed by atoms with Crippen LogP contribution < -0.4 is 65.5 Å². The number of para-hydroxylation sites is 1. The van der Waals surface area contributed by atoms with Crippen molar-refractivity contribution in [3.63, 3.8) is 0 Å². The molecule has 19 N–H and O–H groups in total. The highest BCUT2D eigenvalue weighted by atomic mass is 16.4. The number of aromatic amines is 1. The Hall–Kier alpha value is -8.62. The first kappa shape index (κ1) is 67.7. The van der Waals surface area contributed by atoms with E-state index in [9.17, 15) is 67.7 Å². The van der Waals surface area contributed by atoms with E-state index < -0.39 is 157 Å². The van der Waals surface area contributed by atoms with Crippen molar-refractivity contribution < 1.29 is 67.7 Å². The molecule has 0 saturated heterocycles. The average Bonchev–Trinajstić information content (AvgIpc) is 3.96. The SMILES string of the molecule is CC[C@H](C)[C@H](N)C(=O)N[C@@H](C)C(=O)N[C@@H](CC(C)C)C(=O)N[C@@H](Cc1ccc(O)cc1)C(=O)N[C@@H](CC(C)C)C(=O)N[C@@H](CCC(N)=O)C(=O)N[C@@H](CCC(N)=O)C(=O)N[C@@H](CC(N)=O)C(=O)N[C@@H](Cc1c[nH]c2ccccc12)C(=O)O. The summed E-state index contributed by atoms with van der Waals surface area (Å²) in [6.45, 7) is 12.1. The maximum atomic E-state index is 14.5. The van der Waals surface area contributed by atoms with Gasteiger partial charge in [-0.2, -0.15) is 0 Å². The summed E-state index contributed by atoms with van der Waals surface area (Å²) in [7, 11) is 0. The Morgan fingerprint density at radius 3 is 1.44 bits per heavy atom. The van der Waals surface area contributed by atoms with E-state index in [4.69, 9.17) is 22.9 Å². The molecule has 0 unspecified atom stereocenters. The Morgan fingerprint density at radius 2 is 0.951 bits per heavy atom. The molecule has 0 aliphatic carbocycles. The largest absolute Gasteiger partial charge is 0.508 e. The van der Waals surface area contributed by atoms with Crippen LogP contribution in [0.25, 0.3) is 10.9 Å². The van der Waals surface area contributed by atoms with Crippen molar-refractivity contribution in [2.75, 3.05) is 0 Å². The van der Waals surface area contributed by atoms with E-state index in [2.05, 4.69) is 47.5 Å². The Bertz CT molecular complexity index is 2750. The number of amides is 11. The number of aromatic nitrogens is 1. The zero-order valence-electron chi connectivity index (χ0n) is 47.3. The number of aromatic hydroxyl groups is 1. The number of H-pyrrole nitrogens is 1. The Balaban J connectivity index is 1.92. The Morgan fingerprint density at radius 1 is 0.512 bits per heavy atom. The van der Waals surface area contributed by atoms with Gasteiger partial charge in [0.05, 0.1) is 12.5 Å². The third kappa shape index (κ3) is 22.5. The van der Waals surface area contributed by atoms with E-state index in [1.54, 1.807) is 65.1 Å². The van der Waals surface area contributed by atoms with Gasteiger partial charge in [0.1, 0.15) is 54.1 Å². The molecular weight excluding hydrogens is 1070 g/mol. The fourth-order valence-corrected chi connectivity index (χ4v) is 8.54. The van der Waals surface area contributed by atoms with Crippen LogP contribution in [0.2, 0.25) is 0 Å². The molecule has 0 radical (unpaired) electrons. The van der Waals surface area contributed by atoms with Crippen molar-refractivity contribution >= 4 is 81.9 Å². The van der Waals surface area contributed by atoms with Gasteiger partial charge in [0.2, 0.25) is 65.0 Å². The number of aliphatic carboxylic acids is 1.